The molecule has 9 heteroatoms. The number of halogens is 1. The lowest BCUT2D eigenvalue weighted by molar-refractivity contribution is -0.120. The van der Waals surface area contributed by atoms with E-state index in [0.29, 0.717) is 18.0 Å². The maximum absolute atomic E-state index is 12.3. The summed E-state index contributed by atoms with van der Waals surface area (Å²) >= 11 is 0. The Morgan fingerprint density at radius 3 is 2.36 bits per heavy atom. The molecule has 1 saturated carbocycles. The van der Waals surface area contributed by atoms with Gasteiger partial charge in [-0.1, -0.05) is 19.3 Å². The third-order valence-electron chi connectivity index (χ3n) is 6.13. The third-order valence-corrected chi connectivity index (χ3v) is 6.13. The van der Waals surface area contributed by atoms with Crippen LogP contribution in [0.15, 0.2) is 23.2 Å². The fourth-order valence-corrected chi connectivity index (χ4v) is 4.49. The lowest BCUT2D eigenvalue weighted by atomic mass is 9.95. The summed E-state index contributed by atoms with van der Waals surface area (Å²) in [6, 6.07) is 6.61. The van der Waals surface area contributed by atoms with Crippen molar-refractivity contribution in [1.82, 2.24) is 20.9 Å². The van der Waals surface area contributed by atoms with Gasteiger partial charge >= 0.3 is 0 Å². The van der Waals surface area contributed by atoms with Crippen molar-refractivity contribution in [3.63, 3.8) is 0 Å². The number of ether oxygens (including phenoxy) is 2. The van der Waals surface area contributed by atoms with E-state index >= 15 is 0 Å². The summed E-state index contributed by atoms with van der Waals surface area (Å²) in [5, 5.41) is 9.91. The second-order valence-corrected chi connectivity index (χ2v) is 8.68. The van der Waals surface area contributed by atoms with E-state index in [1.165, 1.54) is 24.8 Å². The van der Waals surface area contributed by atoms with E-state index in [1.54, 1.807) is 14.2 Å². The molecule has 0 spiro atoms. The molecule has 1 aliphatic carbocycles. The molecule has 1 amide bonds. The van der Waals surface area contributed by atoms with Crippen molar-refractivity contribution in [3.8, 4) is 11.5 Å². The molecule has 1 saturated heterocycles. The number of benzene rings is 1. The summed E-state index contributed by atoms with van der Waals surface area (Å²) in [6.45, 7) is 5.71. The van der Waals surface area contributed by atoms with E-state index in [4.69, 9.17) is 9.47 Å². The lowest BCUT2D eigenvalue weighted by Gasteiger charge is -2.22. The fourth-order valence-electron chi connectivity index (χ4n) is 4.49. The van der Waals surface area contributed by atoms with Crippen LogP contribution in [0.25, 0.3) is 0 Å². The SMILES string of the molecule is CCNC(=NCC(=O)NC1CCCCC1)NC1CCN(Cc2cc(OC)cc(OC)c2)C1.I. The molecule has 3 N–H and O–H groups in total. The molecule has 33 heavy (non-hydrogen) atoms. The van der Waals surface area contributed by atoms with E-state index in [-0.39, 0.29) is 36.4 Å². The van der Waals surface area contributed by atoms with Crippen molar-refractivity contribution in [2.45, 2.75) is 64.1 Å². The molecule has 1 aromatic rings. The highest BCUT2D eigenvalue weighted by Crippen LogP contribution is 2.24. The third kappa shape index (κ3) is 9.19. The molecule has 3 rings (SSSR count). The van der Waals surface area contributed by atoms with Crippen LogP contribution in [-0.4, -0.2) is 69.2 Å². The highest BCUT2D eigenvalue weighted by molar-refractivity contribution is 14.0. The Bertz CT molecular complexity index is 748. The summed E-state index contributed by atoms with van der Waals surface area (Å²) in [4.78, 5) is 19.3. The summed E-state index contributed by atoms with van der Waals surface area (Å²) in [5.41, 5.74) is 1.17. The molecule has 0 radical (unpaired) electrons. The molecule has 2 fully saturated rings. The van der Waals surface area contributed by atoms with Crippen molar-refractivity contribution in [3.05, 3.63) is 23.8 Å². The zero-order valence-electron chi connectivity index (χ0n) is 20.2. The van der Waals surface area contributed by atoms with Gasteiger partial charge in [0.2, 0.25) is 5.91 Å². The number of nitrogens with zero attached hydrogens (tertiary/aromatic N) is 2. The Hall–Kier alpha value is -1.75. The van der Waals surface area contributed by atoms with E-state index in [1.807, 2.05) is 13.0 Å². The van der Waals surface area contributed by atoms with Gasteiger partial charge in [0.25, 0.3) is 0 Å². The van der Waals surface area contributed by atoms with Gasteiger partial charge in [0.05, 0.1) is 14.2 Å². The average Bonchev–Trinajstić information content (AvgIpc) is 3.24. The summed E-state index contributed by atoms with van der Waals surface area (Å²) in [5.74, 6) is 2.33. The molecule has 1 aromatic carbocycles. The predicted octanol–water partition coefficient (Wildman–Crippen LogP) is 2.90. The van der Waals surface area contributed by atoms with Crippen LogP contribution in [0.4, 0.5) is 0 Å². The molecule has 186 valence electrons. The molecule has 1 unspecified atom stereocenters. The van der Waals surface area contributed by atoms with Crippen LogP contribution in [0.3, 0.4) is 0 Å². The first kappa shape index (κ1) is 27.5. The van der Waals surface area contributed by atoms with Crippen molar-refractivity contribution < 1.29 is 14.3 Å². The average molecular weight is 574 g/mol. The number of hydrogen-bond donors (Lipinski definition) is 3. The largest absolute Gasteiger partial charge is 0.497 e. The van der Waals surface area contributed by atoms with E-state index in [2.05, 4.69) is 38.0 Å². The maximum Gasteiger partial charge on any atom is 0.242 e. The second kappa shape index (κ2) is 14.5. The molecule has 2 aliphatic rings. The first-order valence-corrected chi connectivity index (χ1v) is 11.9. The van der Waals surface area contributed by atoms with Crippen LogP contribution in [0.5, 0.6) is 11.5 Å². The van der Waals surface area contributed by atoms with E-state index in [9.17, 15) is 4.79 Å². The number of carbonyl (C=O) groups is 1. The molecule has 1 heterocycles. The number of methoxy groups -OCH3 is 2. The monoisotopic (exact) mass is 573 g/mol. The number of carbonyl (C=O) groups excluding carboxylic acids is 1. The van der Waals surface area contributed by atoms with Crippen molar-refractivity contribution in [2.75, 3.05) is 40.4 Å². The first-order chi connectivity index (χ1) is 15.6. The molecule has 8 nitrogen and oxygen atoms in total. The summed E-state index contributed by atoms with van der Waals surface area (Å²) in [6.07, 6.45) is 6.90. The molecule has 0 aromatic heterocycles. The van der Waals surface area contributed by atoms with Gasteiger partial charge in [-0.25, -0.2) is 4.99 Å². The molecular formula is C24H40IN5O3. The smallest absolute Gasteiger partial charge is 0.242 e. The van der Waals surface area contributed by atoms with Crippen LogP contribution >= 0.6 is 24.0 Å². The highest BCUT2D eigenvalue weighted by Gasteiger charge is 2.24. The number of guanidine groups is 1. The zero-order chi connectivity index (χ0) is 22.8. The standard InChI is InChI=1S/C24H39N5O3.HI/c1-4-25-24(26-15-23(30)27-19-8-6-5-7-9-19)28-20-10-11-29(17-20)16-18-12-21(31-2)14-22(13-18)32-3;/h12-14,19-20H,4-11,15-17H2,1-3H3,(H,27,30)(H2,25,26,28);1H. The minimum atomic E-state index is 0. The Kier molecular flexibility index (Phi) is 12.1. The predicted molar refractivity (Wildman–Crippen MR) is 143 cm³/mol. The van der Waals surface area contributed by atoms with Gasteiger partial charge in [0, 0.05) is 44.3 Å². The number of aliphatic imine (C=N–C) groups is 1. The Morgan fingerprint density at radius 2 is 1.73 bits per heavy atom. The minimum absolute atomic E-state index is 0. The number of likely N-dealkylation sites (tertiary alicyclic amines) is 1. The van der Waals surface area contributed by atoms with Gasteiger partial charge in [-0.15, -0.1) is 24.0 Å². The molecular weight excluding hydrogens is 533 g/mol. The van der Waals surface area contributed by atoms with E-state index in [0.717, 1.165) is 56.9 Å². The second-order valence-electron chi connectivity index (χ2n) is 8.68. The van der Waals surface area contributed by atoms with Gasteiger partial charge in [-0.3, -0.25) is 9.69 Å². The normalized spacial score (nSPS) is 19.5. The minimum Gasteiger partial charge on any atom is -0.497 e. The molecule has 1 aliphatic heterocycles. The summed E-state index contributed by atoms with van der Waals surface area (Å²) < 4.78 is 10.8. The highest BCUT2D eigenvalue weighted by atomic mass is 127. The van der Waals surface area contributed by atoms with Crippen molar-refractivity contribution in [1.29, 1.82) is 0 Å². The Labute approximate surface area is 215 Å². The topological polar surface area (TPSA) is 87.2 Å². The van der Waals surface area contributed by atoms with Crippen LogP contribution in [-0.2, 0) is 11.3 Å². The van der Waals surface area contributed by atoms with Gasteiger partial charge in [0.15, 0.2) is 5.96 Å². The van der Waals surface area contributed by atoms with Crippen LogP contribution in [0.1, 0.15) is 51.0 Å². The maximum atomic E-state index is 12.3. The van der Waals surface area contributed by atoms with Crippen LogP contribution in [0.2, 0.25) is 0 Å². The van der Waals surface area contributed by atoms with Gasteiger partial charge in [0.1, 0.15) is 18.0 Å². The van der Waals surface area contributed by atoms with Gasteiger partial charge < -0.3 is 25.4 Å². The number of amides is 1. The fraction of sp³-hybridized carbons (Fsp3) is 0.667. The first-order valence-electron chi connectivity index (χ1n) is 11.9. The lowest BCUT2D eigenvalue weighted by Crippen LogP contribution is -2.45. The van der Waals surface area contributed by atoms with Crippen LogP contribution in [0, 0.1) is 0 Å². The Morgan fingerprint density at radius 1 is 1.03 bits per heavy atom. The van der Waals surface area contributed by atoms with Crippen molar-refractivity contribution in [2.24, 2.45) is 4.99 Å². The van der Waals surface area contributed by atoms with E-state index < -0.39 is 0 Å². The zero-order valence-corrected chi connectivity index (χ0v) is 22.5. The summed E-state index contributed by atoms with van der Waals surface area (Å²) in [7, 11) is 3.34. The number of rotatable bonds is 9. The number of nitrogens with one attached hydrogen (secondary N) is 3. The molecule has 1 atom stereocenters. The van der Waals surface area contributed by atoms with Gasteiger partial charge in [-0.2, -0.15) is 0 Å². The number of hydrogen-bond acceptors (Lipinski definition) is 5. The van der Waals surface area contributed by atoms with Gasteiger partial charge in [-0.05, 0) is 43.9 Å². The van der Waals surface area contributed by atoms with Crippen molar-refractivity contribution >= 4 is 35.8 Å². The Balaban J connectivity index is 0.00000385. The molecule has 0 bridgehead atoms. The van der Waals surface area contributed by atoms with Crippen LogP contribution < -0.4 is 25.4 Å². The quantitative estimate of drug-likeness (QED) is 0.239.